The smallest absolute Gasteiger partial charge is 0.272 e. The first-order valence-electron chi connectivity index (χ1n) is 8.74. The number of amides is 1. The fraction of sp³-hybridized carbons (Fsp3) is 0.588. The molecule has 2 aliphatic heterocycles. The Morgan fingerprint density at radius 3 is 2.88 bits per heavy atom. The van der Waals surface area contributed by atoms with Crippen LogP contribution in [0.3, 0.4) is 0 Å². The minimum atomic E-state index is 0.130. The number of carbonyl (C=O) groups is 1. The number of aromatic amines is 1. The van der Waals surface area contributed by atoms with Gasteiger partial charge in [0.1, 0.15) is 11.5 Å². The lowest BCUT2D eigenvalue weighted by Gasteiger charge is -2.34. The van der Waals surface area contributed by atoms with Crippen LogP contribution in [0, 0.1) is 5.92 Å². The molecule has 128 valence electrons. The number of carbonyl (C=O) groups excluding carboxylic acids is 1. The minimum absolute atomic E-state index is 0.130. The quantitative estimate of drug-likeness (QED) is 0.917. The maximum Gasteiger partial charge on any atom is 0.272 e. The number of nitrogens with one attached hydrogen (secondary N) is 1. The number of H-pyrrole nitrogens is 1. The first-order valence-corrected chi connectivity index (χ1v) is 8.74. The molecule has 0 radical (unpaired) electrons. The number of piperazine rings is 1. The van der Waals surface area contributed by atoms with Crippen molar-refractivity contribution >= 4 is 5.91 Å². The number of imidazole rings is 1. The Labute approximate surface area is 141 Å². The van der Waals surface area contributed by atoms with Crippen molar-refractivity contribution in [1.82, 2.24) is 29.5 Å². The second-order valence-electron chi connectivity index (χ2n) is 6.99. The van der Waals surface area contributed by atoms with Crippen LogP contribution in [0.2, 0.25) is 0 Å². The monoisotopic (exact) mass is 328 g/mol. The highest BCUT2D eigenvalue weighted by Crippen LogP contribution is 2.22. The number of nitrogens with zero attached hydrogens (tertiary/aromatic N) is 5. The second kappa shape index (κ2) is 6.39. The van der Waals surface area contributed by atoms with Crippen LogP contribution in [0.25, 0.3) is 0 Å². The fourth-order valence-corrected chi connectivity index (χ4v) is 3.66. The van der Waals surface area contributed by atoms with E-state index in [9.17, 15) is 4.79 Å². The minimum Gasteiger partial charge on any atom is -0.335 e. The Bertz CT molecular complexity index is 699. The van der Waals surface area contributed by atoms with Gasteiger partial charge in [0.15, 0.2) is 0 Å². The Morgan fingerprint density at radius 1 is 1.29 bits per heavy atom. The molecule has 0 aliphatic carbocycles. The molecular formula is C17H24N6O. The average molecular weight is 328 g/mol. The van der Waals surface area contributed by atoms with Gasteiger partial charge in [0.2, 0.25) is 0 Å². The SMILES string of the molecule is CC1CCc2ncc(C(=O)N3CCN(Cc4cn[nH]c4)CC3)n2C1. The normalized spacial score (nSPS) is 21.7. The zero-order valence-electron chi connectivity index (χ0n) is 14.1. The summed E-state index contributed by atoms with van der Waals surface area (Å²) in [7, 11) is 0. The molecule has 2 aromatic heterocycles. The van der Waals surface area contributed by atoms with E-state index in [1.807, 2.05) is 17.3 Å². The van der Waals surface area contributed by atoms with E-state index in [-0.39, 0.29) is 5.91 Å². The van der Waals surface area contributed by atoms with Crippen molar-refractivity contribution in [2.75, 3.05) is 26.2 Å². The van der Waals surface area contributed by atoms with Crippen molar-refractivity contribution < 1.29 is 4.79 Å². The molecule has 24 heavy (non-hydrogen) atoms. The molecule has 1 atom stereocenters. The lowest BCUT2D eigenvalue weighted by molar-refractivity contribution is 0.0615. The van der Waals surface area contributed by atoms with Crippen LogP contribution in [-0.4, -0.2) is 61.6 Å². The predicted molar refractivity (Wildman–Crippen MR) is 89.5 cm³/mol. The maximum atomic E-state index is 12.9. The highest BCUT2D eigenvalue weighted by Gasteiger charge is 2.27. The standard InChI is InChI=1S/C17H24N6O/c1-13-2-3-16-18-10-15(23(16)11-13)17(24)22-6-4-21(5-7-22)12-14-8-19-20-9-14/h8-10,13H,2-7,11-12H2,1H3,(H,19,20). The van der Waals surface area contributed by atoms with Gasteiger partial charge in [0.25, 0.3) is 5.91 Å². The van der Waals surface area contributed by atoms with Crippen molar-refractivity contribution in [3.05, 3.63) is 35.7 Å². The molecule has 0 saturated carbocycles. The molecule has 0 bridgehead atoms. The summed E-state index contributed by atoms with van der Waals surface area (Å²) in [6.07, 6.45) is 7.70. The highest BCUT2D eigenvalue weighted by atomic mass is 16.2. The van der Waals surface area contributed by atoms with Crippen LogP contribution in [0.5, 0.6) is 0 Å². The van der Waals surface area contributed by atoms with E-state index < -0.39 is 0 Å². The molecule has 4 rings (SSSR count). The van der Waals surface area contributed by atoms with E-state index in [2.05, 4.69) is 31.6 Å². The molecule has 4 heterocycles. The van der Waals surface area contributed by atoms with Gasteiger partial charge < -0.3 is 9.47 Å². The van der Waals surface area contributed by atoms with Crippen LogP contribution < -0.4 is 0 Å². The number of hydrogen-bond donors (Lipinski definition) is 1. The van der Waals surface area contributed by atoms with Gasteiger partial charge in [-0.3, -0.25) is 14.8 Å². The summed E-state index contributed by atoms with van der Waals surface area (Å²) >= 11 is 0. The third-order valence-corrected chi connectivity index (χ3v) is 5.13. The Hall–Kier alpha value is -2.15. The molecule has 0 aromatic carbocycles. The van der Waals surface area contributed by atoms with Crippen LogP contribution in [0.4, 0.5) is 0 Å². The molecular weight excluding hydrogens is 304 g/mol. The summed E-state index contributed by atoms with van der Waals surface area (Å²) in [6.45, 7) is 7.38. The molecule has 2 aliphatic rings. The van der Waals surface area contributed by atoms with Crippen molar-refractivity contribution in [3.8, 4) is 0 Å². The fourth-order valence-electron chi connectivity index (χ4n) is 3.66. The molecule has 1 fully saturated rings. The van der Waals surface area contributed by atoms with Crippen molar-refractivity contribution in [2.45, 2.75) is 32.9 Å². The molecule has 7 heteroatoms. The lowest BCUT2D eigenvalue weighted by atomic mass is 10.0. The molecule has 2 aromatic rings. The van der Waals surface area contributed by atoms with E-state index in [1.54, 1.807) is 6.20 Å². The van der Waals surface area contributed by atoms with E-state index in [0.717, 1.165) is 63.6 Å². The first-order chi connectivity index (χ1) is 11.7. The summed E-state index contributed by atoms with van der Waals surface area (Å²) in [5.41, 5.74) is 1.95. The Balaban J connectivity index is 1.39. The maximum absolute atomic E-state index is 12.9. The van der Waals surface area contributed by atoms with Gasteiger partial charge in [0.05, 0.1) is 12.4 Å². The number of hydrogen-bond acceptors (Lipinski definition) is 4. The molecule has 1 saturated heterocycles. The van der Waals surface area contributed by atoms with Crippen LogP contribution in [-0.2, 0) is 19.5 Å². The van der Waals surface area contributed by atoms with Gasteiger partial charge in [-0.2, -0.15) is 5.10 Å². The average Bonchev–Trinajstić information content (AvgIpc) is 3.24. The molecule has 1 unspecified atom stereocenters. The van der Waals surface area contributed by atoms with Crippen molar-refractivity contribution in [1.29, 1.82) is 0 Å². The van der Waals surface area contributed by atoms with E-state index in [4.69, 9.17) is 0 Å². The summed E-state index contributed by atoms with van der Waals surface area (Å²) in [5, 5.41) is 6.83. The van der Waals surface area contributed by atoms with Gasteiger partial charge in [-0.25, -0.2) is 4.98 Å². The van der Waals surface area contributed by atoms with E-state index in [0.29, 0.717) is 5.92 Å². The third kappa shape index (κ3) is 2.96. The zero-order chi connectivity index (χ0) is 16.5. The van der Waals surface area contributed by atoms with Gasteiger partial charge in [-0.15, -0.1) is 0 Å². The summed E-state index contributed by atoms with van der Waals surface area (Å²) < 4.78 is 2.13. The van der Waals surface area contributed by atoms with Gasteiger partial charge in [-0.05, 0) is 12.3 Å². The summed E-state index contributed by atoms with van der Waals surface area (Å²) in [5.74, 6) is 1.81. The molecule has 0 spiro atoms. The third-order valence-electron chi connectivity index (χ3n) is 5.13. The van der Waals surface area contributed by atoms with E-state index in [1.165, 1.54) is 5.56 Å². The summed E-state index contributed by atoms with van der Waals surface area (Å²) in [4.78, 5) is 21.7. The zero-order valence-corrected chi connectivity index (χ0v) is 14.1. The lowest BCUT2D eigenvalue weighted by Crippen LogP contribution is -2.48. The van der Waals surface area contributed by atoms with Gasteiger partial charge >= 0.3 is 0 Å². The number of aromatic nitrogens is 4. The summed E-state index contributed by atoms with van der Waals surface area (Å²) in [6, 6.07) is 0. The van der Waals surface area contributed by atoms with Crippen LogP contribution in [0.15, 0.2) is 18.6 Å². The molecule has 1 N–H and O–H groups in total. The van der Waals surface area contributed by atoms with Crippen molar-refractivity contribution in [2.24, 2.45) is 5.92 Å². The molecule has 1 amide bonds. The van der Waals surface area contributed by atoms with Gasteiger partial charge in [0, 0.05) is 57.4 Å². The van der Waals surface area contributed by atoms with Crippen molar-refractivity contribution in [3.63, 3.8) is 0 Å². The van der Waals surface area contributed by atoms with Crippen LogP contribution >= 0.6 is 0 Å². The number of aryl methyl sites for hydroxylation is 1. The topological polar surface area (TPSA) is 70.1 Å². The van der Waals surface area contributed by atoms with E-state index >= 15 is 0 Å². The van der Waals surface area contributed by atoms with Crippen LogP contribution in [0.1, 0.15) is 35.2 Å². The Kier molecular flexibility index (Phi) is 4.10. The van der Waals surface area contributed by atoms with Gasteiger partial charge in [-0.1, -0.05) is 6.92 Å². The Morgan fingerprint density at radius 2 is 2.12 bits per heavy atom. The first kappa shape index (κ1) is 15.4. The largest absolute Gasteiger partial charge is 0.335 e. The highest BCUT2D eigenvalue weighted by molar-refractivity contribution is 5.92. The molecule has 7 nitrogen and oxygen atoms in total. The second-order valence-corrected chi connectivity index (χ2v) is 6.99. The number of fused-ring (bicyclic) bond motifs is 1. The predicted octanol–water partition coefficient (Wildman–Crippen LogP) is 1.15. The number of rotatable bonds is 3.